The average Bonchev–Trinajstić information content (AvgIpc) is 2.70. The number of carbonyl (C=O) groups excluding carboxylic acids is 1. The van der Waals surface area contributed by atoms with E-state index in [1.807, 2.05) is 4.90 Å². The second-order valence-electron chi connectivity index (χ2n) is 7.94. The highest BCUT2D eigenvalue weighted by Crippen LogP contribution is 2.43. The Balaban J connectivity index is 2.05. The van der Waals surface area contributed by atoms with Crippen LogP contribution in [0.4, 0.5) is 0 Å². The van der Waals surface area contributed by atoms with Crippen LogP contribution in [-0.2, 0) is 18.4 Å². The monoisotopic (exact) mass is 434 g/mol. The number of phosphoric acid groups is 1. The zero-order valence-corrected chi connectivity index (χ0v) is 19.5. The number of hydrogen-bond donors (Lipinski definition) is 1. The first kappa shape index (κ1) is 26.6. The van der Waals surface area contributed by atoms with Crippen LogP contribution in [0.2, 0.25) is 0 Å². The normalized spacial score (nSPS) is 17.4. The molecule has 1 saturated heterocycles. The molecule has 0 aromatic heterocycles. The fourth-order valence-corrected chi connectivity index (χ4v) is 4.21. The summed E-state index contributed by atoms with van der Waals surface area (Å²) >= 11 is 0. The van der Waals surface area contributed by atoms with Crippen LogP contribution in [-0.4, -0.2) is 66.5 Å². The van der Waals surface area contributed by atoms with Gasteiger partial charge in [-0.2, -0.15) is 0 Å². The van der Waals surface area contributed by atoms with E-state index in [4.69, 9.17) is 9.05 Å². The summed E-state index contributed by atoms with van der Waals surface area (Å²) in [6.07, 6.45) is 11.8. The number of hydrogen-bond acceptors (Lipinski definition) is 5. The molecule has 1 aliphatic rings. The van der Waals surface area contributed by atoms with Crippen molar-refractivity contribution in [1.82, 2.24) is 9.80 Å². The minimum atomic E-state index is -3.96. The predicted octanol–water partition coefficient (Wildman–Crippen LogP) is 4.60. The van der Waals surface area contributed by atoms with Crippen LogP contribution in [0.1, 0.15) is 84.5 Å². The van der Waals surface area contributed by atoms with Crippen molar-refractivity contribution in [1.29, 1.82) is 0 Å². The van der Waals surface area contributed by atoms with Crippen LogP contribution in [0.25, 0.3) is 0 Å². The van der Waals surface area contributed by atoms with Crippen molar-refractivity contribution in [3.05, 3.63) is 0 Å². The van der Waals surface area contributed by atoms with E-state index in [1.165, 1.54) is 25.7 Å². The first-order chi connectivity index (χ1) is 14.0. The van der Waals surface area contributed by atoms with Crippen molar-refractivity contribution in [2.75, 3.05) is 45.9 Å². The van der Waals surface area contributed by atoms with Gasteiger partial charge in [0.05, 0.1) is 13.2 Å². The van der Waals surface area contributed by atoms with E-state index in [0.717, 1.165) is 64.7 Å². The van der Waals surface area contributed by atoms with Crippen molar-refractivity contribution in [2.45, 2.75) is 84.5 Å². The van der Waals surface area contributed by atoms with Crippen LogP contribution < -0.4 is 0 Å². The van der Waals surface area contributed by atoms with Crippen molar-refractivity contribution in [3.8, 4) is 0 Å². The first-order valence-electron chi connectivity index (χ1n) is 11.6. The molecule has 172 valence electrons. The Kier molecular flexibility index (Phi) is 14.9. The number of rotatable bonds is 17. The van der Waals surface area contributed by atoms with Crippen molar-refractivity contribution in [2.24, 2.45) is 0 Å². The number of unbranched alkanes of at least 4 members (excludes halogenated alkanes) is 8. The van der Waals surface area contributed by atoms with Gasteiger partial charge in [-0.05, 0) is 12.8 Å². The van der Waals surface area contributed by atoms with Crippen LogP contribution in [0.3, 0.4) is 0 Å². The lowest BCUT2D eigenvalue weighted by atomic mass is 10.1. The summed E-state index contributed by atoms with van der Waals surface area (Å²) in [6.45, 7) is 8.32. The molecule has 0 aliphatic carbocycles. The molecular weight excluding hydrogens is 391 g/mol. The molecule has 0 spiro atoms. The molecule has 1 unspecified atom stereocenters. The van der Waals surface area contributed by atoms with E-state index < -0.39 is 7.82 Å². The summed E-state index contributed by atoms with van der Waals surface area (Å²) in [4.78, 5) is 26.0. The maximum Gasteiger partial charge on any atom is 0.472 e. The summed E-state index contributed by atoms with van der Waals surface area (Å²) < 4.78 is 22.1. The van der Waals surface area contributed by atoms with Crippen molar-refractivity contribution in [3.63, 3.8) is 0 Å². The van der Waals surface area contributed by atoms with Gasteiger partial charge in [0.25, 0.3) is 0 Å². The number of amides is 1. The molecular formula is C21H43N2O5P. The Morgan fingerprint density at radius 1 is 0.828 bits per heavy atom. The van der Waals surface area contributed by atoms with E-state index in [-0.39, 0.29) is 19.1 Å². The molecule has 1 rings (SSSR count). The Labute approximate surface area is 177 Å². The molecule has 1 N–H and O–H groups in total. The average molecular weight is 435 g/mol. The molecule has 1 amide bonds. The molecule has 1 aliphatic heterocycles. The Morgan fingerprint density at radius 3 is 2.03 bits per heavy atom. The van der Waals surface area contributed by atoms with E-state index in [1.54, 1.807) is 0 Å². The molecule has 0 bridgehead atoms. The van der Waals surface area contributed by atoms with Crippen LogP contribution in [0, 0.1) is 0 Å². The Bertz CT molecular complexity index is 470. The standard InChI is InChI=1S/C21H43N2O5P/c1-3-5-7-8-9-10-12-19-27-29(25,26)28-20-18-22-14-16-23(17-15-22)21(24)13-11-6-4-2/h3-20H2,1-2H3,(H,25,26). The van der Waals surface area contributed by atoms with Gasteiger partial charge in [0, 0.05) is 39.1 Å². The smallest absolute Gasteiger partial charge is 0.340 e. The van der Waals surface area contributed by atoms with E-state index in [9.17, 15) is 14.3 Å². The molecule has 0 aromatic rings. The fraction of sp³-hybridized carbons (Fsp3) is 0.952. The first-order valence-corrected chi connectivity index (χ1v) is 13.1. The predicted molar refractivity (Wildman–Crippen MR) is 117 cm³/mol. The summed E-state index contributed by atoms with van der Waals surface area (Å²) in [5.74, 6) is 0.243. The SMILES string of the molecule is CCCCCCCCCOP(=O)(O)OCCN1CCN(C(=O)CCCCC)CC1. The third kappa shape index (κ3) is 13.5. The minimum absolute atomic E-state index is 0.162. The quantitative estimate of drug-likeness (QED) is 0.266. The largest absolute Gasteiger partial charge is 0.472 e. The van der Waals surface area contributed by atoms with Gasteiger partial charge in [-0.25, -0.2) is 4.57 Å². The number of phosphoric ester groups is 1. The van der Waals surface area contributed by atoms with Gasteiger partial charge in [-0.15, -0.1) is 0 Å². The molecule has 29 heavy (non-hydrogen) atoms. The van der Waals surface area contributed by atoms with Crippen LogP contribution in [0.15, 0.2) is 0 Å². The molecule has 8 heteroatoms. The molecule has 0 radical (unpaired) electrons. The summed E-state index contributed by atoms with van der Waals surface area (Å²) in [5, 5.41) is 0. The van der Waals surface area contributed by atoms with Gasteiger partial charge in [0.15, 0.2) is 0 Å². The van der Waals surface area contributed by atoms with E-state index in [2.05, 4.69) is 18.7 Å². The Morgan fingerprint density at radius 2 is 1.38 bits per heavy atom. The lowest BCUT2D eigenvalue weighted by molar-refractivity contribution is -0.133. The lowest BCUT2D eigenvalue weighted by Crippen LogP contribution is -2.49. The molecule has 7 nitrogen and oxygen atoms in total. The lowest BCUT2D eigenvalue weighted by Gasteiger charge is -2.34. The Hall–Kier alpha value is -0.460. The molecule has 0 aromatic carbocycles. The molecule has 1 atom stereocenters. The van der Waals surface area contributed by atoms with Gasteiger partial charge in [0.2, 0.25) is 5.91 Å². The fourth-order valence-electron chi connectivity index (χ4n) is 3.47. The van der Waals surface area contributed by atoms with Gasteiger partial charge >= 0.3 is 7.82 Å². The maximum absolute atomic E-state index is 12.1. The molecule has 1 heterocycles. The van der Waals surface area contributed by atoms with E-state index in [0.29, 0.717) is 13.0 Å². The third-order valence-corrected chi connectivity index (χ3v) is 6.40. The second kappa shape index (κ2) is 16.3. The summed E-state index contributed by atoms with van der Waals surface area (Å²) in [7, 11) is -3.96. The zero-order valence-electron chi connectivity index (χ0n) is 18.6. The number of piperazine rings is 1. The van der Waals surface area contributed by atoms with Crippen molar-refractivity contribution >= 4 is 13.7 Å². The maximum atomic E-state index is 12.1. The second-order valence-corrected chi connectivity index (χ2v) is 9.39. The summed E-state index contributed by atoms with van der Waals surface area (Å²) in [6, 6.07) is 0. The van der Waals surface area contributed by atoms with E-state index >= 15 is 0 Å². The number of carbonyl (C=O) groups is 1. The number of nitrogens with zero attached hydrogens (tertiary/aromatic N) is 2. The highest BCUT2D eigenvalue weighted by atomic mass is 31.2. The molecule has 1 fully saturated rings. The molecule has 0 saturated carbocycles. The van der Waals surface area contributed by atoms with Crippen molar-refractivity contribution < 1.29 is 23.3 Å². The third-order valence-electron chi connectivity index (χ3n) is 5.38. The van der Waals surface area contributed by atoms with Gasteiger partial charge < -0.3 is 9.79 Å². The zero-order chi connectivity index (χ0) is 21.4. The van der Waals surface area contributed by atoms with Crippen LogP contribution in [0.5, 0.6) is 0 Å². The minimum Gasteiger partial charge on any atom is -0.340 e. The van der Waals surface area contributed by atoms with Crippen LogP contribution >= 0.6 is 7.82 Å². The highest BCUT2D eigenvalue weighted by molar-refractivity contribution is 7.47. The van der Waals surface area contributed by atoms with Gasteiger partial charge in [0.1, 0.15) is 0 Å². The topological polar surface area (TPSA) is 79.3 Å². The van der Waals surface area contributed by atoms with Gasteiger partial charge in [-0.1, -0.05) is 65.2 Å². The van der Waals surface area contributed by atoms with Gasteiger partial charge in [-0.3, -0.25) is 18.7 Å². The summed E-state index contributed by atoms with van der Waals surface area (Å²) in [5.41, 5.74) is 0. The highest BCUT2D eigenvalue weighted by Gasteiger charge is 2.23.